The van der Waals surface area contributed by atoms with Crippen LogP contribution in [-0.2, 0) is 4.74 Å². The number of hydrogen-bond donors (Lipinski definition) is 1. The van der Waals surface area contributed by atoms with Gasteiger partial charge >= 0.3 is 0 Å². The van der Waals surface area contributed by atoms with E-state index in [0.717, 1.165) is 37.1 Å². The van der Waals surface area contributed by atoms with Crippen LogP contribution in [0.25, 0.3) is 0 Å². The molecule has 2 nitrogen and oxygen atoms in total. The molecule has 0 spiro atoms. The zero-order valence-electron chi connectivity index (χ0n) is 8.75. The highest BCUT2D eigenvalue weighted by atomic mass is 16.5. The largest absolute Gasteiger partial charge is 0.381 e. The Morgan fingerprint density at radius 3 is 2.85 bits per heavy atom. The molecule has 0 aromatic rings. The Kier molecular flexibility index (Phi) is 2.89. The Morgan fingerprint density at radius 1 is 1.31 bits per heavy atom. The molecule has 0 aliphatic carbocycles. The lowest BCUT2D eigenvalue weighted by atomic mass is 9.83. The third kappa shape index (κ3) is 1.75. The summed E-state index contributed by atoms with van der Waals surface area (Å²) in [6.45, 7) is 6.59. The van der Waals surface area contributed by atoms with Crippen molar-refractivity contribution in [2.45, 2.75) is 45.2 Å². The molecule has 2 rings (SSSR count). The minimum absolute atomic E-state index is 0.720. The zero-order valence-corrected chi connectivity index (χ0v) is 8.75. The Morgan fingerprint density at radius 2 is 2.08 bits per heavy atom. The summed E-state index contributed by atoms with van der Waals surface area (Å²) < 4.78 is 5.52. The highest BCUT2D eigenvalue weighted by Gasteiger charge is 2.39. The van der Waals surface area contributed by atoms with Crippen LogP contribution < -0.4 is 5.32 Å². The predicted molar refractivity (Wildman–Crippen MR) is 53.7 cm³/mol. The first-order valence-electron chi connectivity index (χ1n) is 5.66. The zero-order chi connectivity index (χ0) is 9.26. The summed E-state index contributed by atoms with van der Waals surface area (Å²) in [5.74, 6) is 1.76. The molecular weight excluding hydrogens is 162 g/mol. The quantitative estimate of drug-likeness (QED) is 0.669. The van der Waals surface area contributed by atoms with E-state index in [0.29, 0.717) is 0 Å². The summed E-state index contributed by atoms with van der Waals surface area (Å²) in [4.78, 5) is 0. The van der Waals surface area contributed by atoms with Crippen LogP contribution in [0.2, 0.25) is 0 Å². The monoisotopic (exact) mass is 183 g/mol. The van der Waals surface area contributed by atoms with E-state index in [1.165, 1.54) is 19.3 Å². The van der Waals surface area contributed by atoms with Gasteiger partial charge in [-0.15, -0.1) is 0 Å². The molecule has 2 unspecified atom stereocenters. The lowest BCUT2D eigenvalue weighted by Gasteiger charge is -2.20. The van der Waals surface area contributed by atoms with Crippen molar-refractivity contribution in [3.8, 4) is 0 Å². The Hall–Kier alpha value is -0.0800. The predicted octanol–water partition coefficient (Wildman–Crippen LogP) is 1.80. The van der Waals surface area contributed by atoms with Crippen molar-refractivity contribution < 1.29 is 4.74 Å². The van der Waals surface area contributed by atoms with E-state index in [4.69, 9.17) is 4.74 Å². The fourth-order valence-corrected chi connectivity index (χ4v) is 3.15. The van der Waals surface area contributed by atoms with Crippen LogP contribution in [-0.4, -0.2) is 25.3 Å². The molecule has 0 saturated carbocycles. The van der Waals surface area contributed by atoms with Crippen molar-refractivity contribution in [1.82, 2.24) is 5.32 Å². The van der Waals surface area contributed by atoms with Crippen LogP contribution in [0, 0.1) is 11.8 Å². The topological polar surface area (TPSA) is 21.3 Å². The molecule has 2 aliphatic heterocycles. The molecule has 2 aliphatic rings. The van der Waals surface area contributed by atoms with E-state index in [1.807, 2.05) is 0 Å². The summed E-state index contributed by atoms with van der Waals surface area (Å²) >= 11 is 0. The van der Waals surface area contributed by atoms with Gasteiger partial charge in [-0.2, -0.15) is 0 Å². The minimum atomic E-state index is 0.720. The van der Waals surface area contributed by atoms with Crippen molar-refractivity contribution in [2.75, 3.05) is 13.2 Å². The summed E-state index contributed by atoms with van der Waals surface area (Å²) in [6, 6.07) is 1.46. The van der Waals surface area contributed by atoms with E-state index >= 15 is 0 Å². The van der Waals surface area contributed by atoms with Crippen LogP contribution in [0.3, 0.4) is 0 Å². The van der Waals surface area contributed by atoms with Crippen molar-refractivity contribution in [1.29, 1.82) is 0 Å². The van der Waals surface area contributed by atoms with E-state index in [-0.39, 0.29) is 0 Å². The molecule has 0 aromatic carbocycles. The molecule has 2 heterocycles. The summed E-state index contributed by atoms with van der Waals surface area (Å²) in [6.07, 6.45) is 3.79. The van der Waals surface area contributed by atoms with Crippen molar-refractivity contribution in [3.05, 3.63) is 0 Å². The molecule has 1 N–H and O–H groups in total. The van der Waals surface area contributed by atoms with Crippen molar-refractivity contribution >= 4 is 0 Å². The highest BCUT2D eigenvalue weighted by Crippen LogP contribution is 2.35. The second kappa shape index (κ2) is 3.97. The molecular formula is C11H21NO. The maximum atomic E-state index is 5.52. The molecule has 0 amide bonds. The second-order valence-electron chi connectivity index (χ2n) is 4.49. The average molecular weight is 183 g/mol. The molecule has 4 atom stereocenters. The molecule has 0 radical (unpaired) electrons. The molecule has 0 aromatic heterocycles. The highest BCUT2D eigenvalue weighted by molar-refractivity contribution is 4.95. The Balaban J connectivity index is 2.05. The normalized spacial score (nSPS) is 45.7. The first kappa shape index (κ1) is 9.47. The van der Waals surface area contributed by atoms with Gasteiger partial charge in [0.1, 0.15) is 0 Å². The SMILES string of the molecule is CC[C@H]1C(C)N[C@@H]2CCOCCC12. The lowest BCUT2D eigenvalue weighted by Crippen LogP contribution is -2.30. The van der Waals surface area contributed by atoms with Crippen LogP contribution in [0.15, 0.2) is 0 Å². The maximum absolute atomic E-state index is 5.52. The lowest BCUT2D eigenvalue weighted by molar-refractivity contribution is 0.135. The summed E-state index contributed by atoms with van der Waals surface area (Å²) in [7, 11) is 0. The molecule has 2 heteroatoms. The number of nitrogens with one attached hydrogen (secondary N) is 1. The van der Waals surface area contributed by atoms with Crippen molar-refractivity contribution in [3.63, 3.8) is 0 Å². The first-order valence-corrected chi connectivity index (χ1v) is 5.66. The van der Waals surface area contributed by atoms with Gasteiger partial charge in [0.2, 0.25) is 0 Å². The smallest absolute Gasteiger partial charge is 0.0480 e. The van der Waals surface area contributed by atoms with E-state index in [1.54, 1.807) is 0 Å². The Labute approximate surface area is 81.0 Å². The second-order valence-corrected chi connectivity index (χ2v) is 4.49. The van der Waals surface area contributed by atoms with Gasteiger partial charge < -0.3 is 10.1 Å². The van der Waals surface area contributed by atoms with Gasteiger partial charge in [-0.25, -0.2) is 0 Å². The number of rotatable bonds is 1. The van der Waals surface area contributed by atoms with Gasteiger partial charge in [0.15, 0.2) is 0 Å². The van der Waals surface area contributed by atoms with Gasteiger partial charge in [-0.3, -0.25) is 0 Å². The van der Waals surface area contributed by atoms with E-state index in [9.17, 15) is 0 Å². The maximum Gasteiger partial charge on any atom is 0.0480 e. The molecule has 13 heavy (non-hydrogen) atoms. The first-order chi connectivity index (χ1) is 6.33. The molecule has 0 bridgehead atoms. The fourth-order valence-electron chi connectivity index (χ4n) is 3.15. The summed E-state index contributed by atoms with van der Waals surface area (Å²) in [5, 5.41) is 3.72. The van der Waals surface area contributed by atoms with Gasteiger partial charge in [-0.05, 0) is 31.6 Å². The van der Waals surface area contributed by atoms with Gasteiger partial charge in [0.05, 0.1) is 0 Å². The van der Waals surface area contributed by atoms with Crippen LogP contribution in [0.5, 0.6) is 0 Å². The molecule has 76 valence electrons. The minimum Gasteiger partial charge on any atom is -0.381 e. The van der Waals surface area contributed by atoms with Crippen LogP contribution >= 0.6 is 0 Å². The number of ether oxygens (including phenoxy) is 1. The van der Waals surface area contributed by atoms with Gasteiger partial charge in [-0.1, -0.05) is 13.3 Å². The standard InChI is InChI=1S/C11H21NO/c1-3-9-8(2)12-11-5-7-13-6-4-10(9)11/h8-12H,3-7H2,1-2H3/t8?,9-,10?,11+/m0/s1. The number of hydrogen-bond acceptors (Lipinski definition) is 2. The van der Waals surface area contributed by atoms with E-state index < -0.39 is 0 Å². The van der Waals surface area contributed by atoms with Crippen LogP contribution in [0.4, 0.5) is 0 Å². The molecule has 2 saturated heterocycles. The third-order valence-corrected chi connectivity index (χ3v) is 3.83. The van der Waals surface area contributed by atoms with Gasteiger partial charge in [0.25, 0.3) is 0 Å². The van der Waals surface area contributed by atoms with E-state index in [2.05, 4.69) is 19.2 Å². The fraction of sp³-hybridized carbons (Fsp3) is 1.00. The number of fused-ring (bicyclic) bond motifs is 1. The van der Waals surface area contributed by atoms with Crippen LogP contribution in [0.1, 0.15) is 33.1 Å². The average Bonchev–Trinajstić information content (AvgIpc) is 2.32. The molecule has 2 fully saturated rings. The van der Waals surface area contributed by atoms with Gasteiger partial charge in [0, 0.05) is 25.3 Å². The van der Waals surface area contributed by atoms with Crippen molar-refractivity contribution in [2.24, 2.45) is 11.8 Å². The third-order valence-electron chi connectivity index (χ3n) is 3.83. The Bertz CT molecular complexity index is 171. The summed E-state index contributed by atoms with van der Waals surface area (Å²) in [5.41, 5.74) is 0.